The minimum Gasteiger partial charge on any atom is -0.366 e. The second-order valence-corrected chi connectivity index (χ2v) is 3.69. The highest BCUT2D eigenvalue weighted by Crippen LogP contribution is 2.16. The van der Waals surface area contributed by atoms with Gasteiger partial charge < -0.3 is 5.73 Å². The molecule has 0 aliphatic heterocycles. The lowest BCUT2D eigenvalue weighted by molar-refractivity contribution is 0.846. The lowest BCUT2D eigenvalue weighted by Gasteiger charge is -2.01. The second kappa shape index (κ2) is 3.38. The van der Waals surface area contributed by atoms with Gasteiger partial charge in [-0.3, -0.25) is 0 Å². The summed E-state index contributed by atoms with van der Waals surface area (Å²) in [5, 5.41) is 3.96. The van der Waals surface area contributed by atoms with E-state index in [0.29, 0.717) is 5.82 Å². The Hall–Kier alpha value is -1.43. The van der Waals surface area contributed by atoms with Gasteiger partial charge in [0.05, 0.1) is 0 Å². The van der Waals surface area contributed by atoms with Crippen LogP contribution in [0.5, 0.6) is 0 Å². The highest BCUT2D eigenvalue weighted by molar-refractivity contribution is 9.10. The number of rotatable bonds is 1. The van der Waals surface area contributed by atoms with Gasteiger partial charge in [0.1, 0.15) is 6.33 Å². The smallest absolute Gasteiger partial charge is 0.239 e. The second-order valence-electron chi connectivity index (χ2n) is 2.84. The number of aryl methyl sites for hydroxylation is 1. The number of hydrogen-bond donors (Lipinski definition) is 1. The lowest BCUT2D eigenvalue weighted by atomic mass is 10.3. The first-order chi connectivity index (χ1) is 6.66. The van der Waals surface area contributed by atoms with Crippen LogP contribution in [-0.4, -0.2) is 19.7 Å². The van der Waals surface area contributed by atoms with Gasteiger partial charge in [-0.25, -0.2) is 14.6 Å². The Kier molecular flexibility index (Phi) is 2.20. The highest BCUT2D eigenvalue weighted by atomic mass is 79.9. The Labute approximate surface area is 89.1 Å². The molecule has 0 bridgehead atoms. The molecule has 14 heavy (non-hydrogen) atoms. The van der Waals surface area contributed by atoms with Gasteiger partial charge in [-0.05, 0) is 34.5 Å². The van der Waals surface area contributed by atoms with Crippen molar-refractivity contribution < 1.29 is 0 Å². The molecule has 0 aliphatic carbocycles. The van der Waals surface area contributed by atoms with E-state index in [1.54, 1.807) is 6.20 Å². The van der Waals surface area contributed by atoms with Crippen LogP contribution in [0.3, 0.4) is 0 Å². The molecule has 0 saturated heterocycles. The van der Waals surface area contributed by atoms with Crippen molar-refractivity contribution in [2.75, 3.05) is 5.73 Å². The van der Waals surface area contributed by atoms with E-state index < -0.39 is 0 Å². The third kappa shape index (κ3) is 1.60. The fourth-order valence-electron chi connectivity index (χ4n) is 1.04. The Morgan fingerprint density at radius 1 is 1.43 bits per heavy atom. The number of anilines is 1. The summed E-state index contributed by atoms with van der Waals surface area (Å²) >= 11 is 3.37. The summed E-state index contributed by atoms with van der Waals surface area (Å²) in [6, 6.07) is 1.90. The van der Waals surface area contributed by atoms with Crippen LogP contribution in [0.1, 0.15) is 5.56 Å². The van der Waals surface area contributed by atoms with Crippen LogP contribution < -0.4 is 5.73 Å². The van der Waals surface area contributed by atoms with Crippen LogP contribution in [0.25, 0.3) is 5.82 Å². The van der Waals surface area contributed by atoms with Crippen molar-refractivity contribution in [3.8, 4) is 5.82 Å². The SMILES string of the molecule is Cc1cc(-n2cnc(N)n2)ncc1Br. The number of nitrogen functional groups attached to an aromatic ring is 1. The number of halogens is 1. The van der Waals surface area contributed by atoms with Crippen molar-refractivity contribution in [3.05, 3.63) is 28.6 Å². The molecule has 0 aromatic carbocycles. The molecule has 6 heteroatoms. The van der Waals surface area contributed by atoms with E-state index in [2.05, 4.69) is 31.0 Å². The summed E-state index contributed by atoms with van der Waals surface area (Å²) in [6.07, 6.45) is 3.26. The van der Waals surface area contributed by atoms with Crippen LogP contribution in [0, 0.1) is 6.92 Å². The predicted molar refractivity (Wildman–Crippen MR) is 56.0 cm³/mol. The summed E-state index contributed by atoms with van der Waals surface area (Å²) in [6.45, 7) is 1.98. The van der Waals surface area contributed by atoms with E-state index in [1.165, 1.54) is 11.0 Å². The van der Waals surface area contributed by atoms with E-state index in [-0.39, 0.29) is 5.95 Å². The van der Waals surface area contributed by atoms with Gasteiger partial charge in [0.2, 0.25) is 5.95 Å². The predicted octanol–water partition coefficient (Wildman–Crippen LogP) is 1.32. The number of hydrogen-bond acceptors (Lipinski definition) is 4. The van der Waals surface area contributed by atoms with Crippen LogP contribution in [-0.2, 0) is 0 Å². The average molecular weight is 254 g/mol. The average Bonchev–Trinajstić information content (AvgIpc) is 2.57. The van der Waals surface area contributed by atoms with Crippen LogP contribution in [0.15, 0.2) is 23.1 Å². The zero-order valence-corrected chi connectivity index (χ0v) is 9.06. The molecule has 0 amide bonds. The molecule has 0 spiro atoms. The van der Waals surface area contributed by atoms with Crippen molar-refractivity contribution in [3.63, 3.8) is 0 Å². The van der Waals surface area contributed by atoms with Crippen molar-refractivity contribution >= 4 is 21.9 Å². The summed E-state index contributed by atoms with van der Waals surface area (Å²) in [5.41, 5.74) is 6.49. The molecule has 2 rings (SSSR count). The van der Waals surface area contributed by atoms with Crippen molar-refractivity contribution in [1.29, 1.82) is 0 Å². The summed E-state index contributed by atoms with van der Waals surface area (Å²) in [4.78, 5) is 8.00. The van der Waals surface area contributed by atoms with E-state index in [0.717, 1.165) is 10.0 Å². The first kappa shape index (κ1) is 9.14. The molecule has 0 fully saturated rings. The zero-order valence-electron chi connectivity index (χ0n) is 7.48. The molecule has 2 heterocycles. The first-order valence-corrected chi connectivity index (χ1v) is 4.76. The standard InChI is InChI=1S/C8H8BrN5/c1-5-2-7(11-3-6(5)9)14-4-12-8(10)13-14/h2-4H,1H3,(H2,10,13). The fourth-order valence-corrected chi connectivity index (χ4v) is 1.25. The molecule has 0 unspecified atom stereocenters. The molecule has 5 nitrogen and oxygen atoms in total. The van der Waals surface area contributed by atoms with Crippen LogP contribution >= 0.6 is 15.9 Å². The van der Waals surface area contributed by atoms with E-state index >= 15 is 0 Å². The number of aromatic nitrogens is 4. The third-order valence-electron chi connectivity index (χ3n) is 1.78. The van der Waals surface area contributed by atoms with Gasteiger partial charge in [-0.15, -0.1) is 5.10 Å². The monoisotopic (exact) mass is 253 g/mol. The maximum atomic E-state index is 5.40. The first-order valence-electron chi connectivity index (χ1n) is 3.96. The maximum Gasteiger partial charge on any atom is 0.239 e. The molecule has 0 saturated carbocycles. The molecular weight excluding hydrogens is 246 g/mol. The van der Waals surface area contributed by atoms with Gasteiger partial charge in [-0.2, -0.15) is 0 Å². The minimum absolute atomic E-state index is 0.243. The van der Waals surface area contributed by atoms with E-state index in [4.69, 9.17) is 5.73 Å². The molecule has 2 N–H and O–H groups in total. The number of nitrogens with zero attached hydrogens (tertiary/aromatic N) is 4. The summed E-state index contributed by atoms with van der Waals surface area (Å²) in [7, 11) is 0. The molecule has 72 valence electrons. The topological polar surface area (TPSA) is 69.6 Å². The van der Waals surface area contributed by atoms with Gasteiger partial charge in [0, 0.05) is 10.7 Å². The van der Waals surface area contributed by atoms with Crippen LogP contribution in [0.4, 0.5) is 5.95 Å². The highest BCUT2D eigenvalue weighted by Gasteiger charge is 2.02. The fraction of sp³-hybridized carbons (Fsp3) is 0.125. The van der Waals surface area contributed by atoms with Gasteiger partial charge in [0.15, 0.2) is 5.82 Å². The Balaban J connectivity index is 2.47. The third-order valence-corrected chi connectivity index (χ3v) is 2.61. The largest absolute Gasteiger partial charge is 0.366 e. The number of pyridine rings is 1. The van der Waals surface area contributed by atoms with Crippen LogP contribution in [0.2, 0.25) is 0 Å². The Morgan fingerprint density at radius 3 is 2.79 bits per heavy atom. The molecule has 0 atom stereocenters. The van der Waals surface area contributed by atoms with Crippen molar-refractivity contribution in [1.82, 2.24) is 19.7 Å². The summed E-state index contributed by atoms with van der Waals surface area (Å²) < 4.78 is 2.50. The summed E-state index contributed by atoms with van der Waals surface area (Å²) in [5.74, 6) is 0.947. The van der Waals surface area contributed by atoms with Crippen molar-refractivity contribution in [2.24, 2.45) is 0 Å². The molecule has 0 aliphatic rings. The normalized spacial score (nSPS) is 10.4. The Bertz CT molecular complexity index is 465. The molecule has 2 aromatic heterocycles. The lowest BCUT2D eigenvalue weighted by Crippen LogP contribution is -1.99. The molecule has 0 radical (unpaired) electrons. The van der Waals surface area contributed by atoms with Gasteiger partial charge in [-0.1, -0.05) is 0 Å². The van der Waals surface area contributed by atoms with E-state index in [9.17, 15) is 0 Å². The zero-order chi connectivity index (χ0) is 10.1. The molecular formula is C8H8BrN5. The Morgan fingerprint density at radius 2 is 2.21 bits per heavy atom. The molecule has 2 aromatic rings. The van der Waals surface area contributed by atoms with Gasteiger partial charge in [0.25, 0.3) is 0 Å². The van der Waals surface area contributed by atoms with Gasteiger partial charge >= 0.3 is 0 Å². The number of nitrogens with two attached hydrogens (primary N) is 1. The quantitative estimate of drug-likeness (QED) is 0.833. The minimum atomic E-state index is 0.243. The maximum absolute atomic E-state index is 5.40. The van der Waals surface area contributed by atoms with Crippen molar-refractivity contribution in [2.45, 2.75) is 6.92 Å². The van der Waals surface area contributed by atoms with E-state index in [1.807, 2.05) is 13.0 Å².